The average molecular weight is 275 g/mol. The summed E-state index contributed by atoms with van der Waals surface area (Å²) >= 11 is 0. The van der Waals surface area contributed by atoms with E-state index in [2.05, 4.69) is 5.32 Å². The number of hydrogen-bond acceptors (Lipinski definition) is 5. The molecule has 2 amide bonds. The van der Waals surface area contributed by atoms with Gasteiger partial charge in [0.05, 0.1) is 13.5 Å². The van der Waals surface area contributed by atoms with Gasteiger partial charge in [-0.3, -0.25) is 19.7 Å². The molecule has 1 aromatic carbocycles. The predicted octanol–water partition coefficient (Wildman–Crippen LogP) is 0.711. The van der Waals surface area contributed by atoms with Crippen LogP contribution >= 0.6 is 0 Å². The molecule has 6 heteroatoms. The van der Waals surface area contributed by atoms with Gasteiger partial charge in [0.15, 0.2) is 0 Å². The monoisotopic (exact) mass is 275 g/mol. The number of methoxy groups -OCH3 is 1. The number of benzene rings is 1. The fraction of sp³-hybridized carbons (Fsp3) is 0.214. The number of imide groups is 1. The summed E-state index contributed by atoms with van der Waals surface area (Å²) in [5.41, 5.74) is 0.893. The SMILES string of the molecule is COc1cccc(COC(=O)CC2=CC(=O)NC2=O)c1. The number of carbonyl (C=O) groups is 3. The zero-order chi connectivity index (χ0) is 14.5. The number of carbonyl (C=O) groups excluding carboxylic acids is 3. The third kappa shape index (κ3) is 3.44. The summed E-state index contributed by atoms with van der Waals surface area (Å²) in [4.78, 5) is 33.8. The molecule has 0 unspecified atom stereocenters. The van der Waals surface area contributed by atoms with Crippen molar-refractivity contribution in [1.82, 2.24) is 5.32 Å². The van der Waals surface area contributed by atoms with Crippen LogP contribution < -0.4 is 10.1 Å². The maximum atomic E-state index is 11.6. The Hall–Kier alpha value is -2.63. The van der Waals surface area contributed by atoms with E-state index in [9.17, 15) is 14.4 Å². The first kappa shape index (κ1) is 13.8. The number of amides is 2. The van der Waals surface area contributed by atoms with Crippen molar-refractivity contribution >= 4 is 17.8 Å². The van der Waals surface area contributed by atoms with Gasteiger partial charge in [0.25, 0.3) is 11.8 Å². The number of rotatable bonds is 5. The molecule has 104 valence electrons. The van der Waals surface area contributed by atoms with Crippen LogP contribution in [0, 0.1) is 0 Å². The zero-order valence-electron chi connectivity index (χ0n) is 10.8. The molecule has 0 spiro atoms. The molecule has 0 saturated carbocycles. The summed E-state index contributed by atoms with van der Waals surface area (Å²) in [6, 6.07) is 7.11. The molecule has 0 aliphatic carbocycles. The fourth-order valence-electron chi connectivity index (χ4n) is 1.72. The van der Waals surface area contributed by atoms with Crippen LogP contribution in [0.1, 0.15) is 12.0 Å². The lowest BCUT2D eigenvalue weighted by molar-refractivity contribution is -0.144. The number of hydrogen-bond donors (Lipinski definition) is 1. The van der Waals surface area contributed by atoms with Crippen LogP contribution in [0.5, 0.6) is 5.75 Å². The maximum Gasteiger partial charge on any atom is 0.310 e. The second-order valence-electron chi connectivity index (χ2n) is 4.18. The Bertz CT molecular complexity index is 591. The highest BCUT2D eigenvalue weighted by Gasteiger charge is 2.23. The summed E-state index contributed by atoms with van der Waals surface area (Å²) in [6.45, 7) is 0.0822. The average Bonchev–Trinajstić information content (AvgIpc) is 2.75. The summed E-state index contributed by atoms with van der Waals surface area (Å²) in [5.74, 6) is -0.954. The van der Waals surface area contributed by atoms with Crippen molar-refractivity contribution in [2.45, 2.75) is 13.0 Å². The molecule has 0 saturated heterocycles. The van der Waals surface area contributed by atoms with E-state index >= 15 is 0 Å². The highest BCUT2D eigenvalue weighted by molar-refractivity contribution is 6.17. The van der Waals surface area contributed by atoms with Crippen molar-refractivity contribution in [3.63, 3.8) is 0 Å². The smallest absolute Gasteiger partial charge is 0.310 e. The van der Waals surface area contributed by atoms with Crippen molar-refractivity contribution < 1.29 is 23.9 Å². The standard InChI is InChI=1S/C14H13NO5/c1-19-11-4-2-3-9(5-11)8-20-13(17)7-10-6-12(16)15-14(10)18/h2-6H,7-8H2,1H3,(H,15,16,18). The van der Waals surface area contributed by atoms with Gasteiger partial charge in [-0.15, -0.1) is 0 Å². The van der Waals surface area contributed by atoms with Gasteiger partial charge in [0.2, 0.25) is 0 Å². The minimum absolute atomic E-state index is 0.0822. The van der Waals surface area contributed by atoms with E-state index in [1.54, 1.807) is 31.4 Å². The highest BCUT2D eigenvalue weighted by atomic mass is 16.5. The van der Waals surface area contributed by atoms with E-state index in [4.69, 9.17) is 9.47 Å². The van der Waals surface area contributed by atoms with E-state index in [1.165, 1.54) is 0 Å². The first-order valence-electron chi connectivity index (χ1n) is 5.93. The van der Waals surface area contributed by atoms with Gasteiger partial charge in [-0.1, -0.05) is 12.1 Å². The molecule has 6 nitrogen and oxygen atoms in total. The van der Waals surface area contributed by atoms with E-state index < -0.39 is 17.8 Å². The molecule has 2 rings (SSSR count). The molecule has 20 heavy (non-hydrogen) atoms. The van der Waals surface area contributed by atoms with Crippen LogP contribution in [-0.4, -0.2) is 24.9 Å². The van der Waals surface area contributed by atoms with Crippen LogP contribution in [0.25, 0.3) is 0 Å². The molecule has 1 N–H and O–H groups in total. The lowest BCUT2D eigenvalue weighted by Crippen LogP contribution is -2.23. The molecule has 1 aliphatic heterocycles. The Labute approximate surface area is 115 Å². The van der Waals surface area contributed by atoms with E-state index in [-0.39, 0.29) is 18.6 Å². The number of ether oxygens (including phenoxy) is 2. The summed E-state index contributed by atoms with van der Waals surface area (Å²) < 4.78 is 10.1. The van der Waals surface area contributed by atoms with Crippen molar-refractivity contribution in [2.75, 3.05) is 7.11 Å². The molecular weight excluding hydrogens is 262 g/mol. The van der Waals surface area contributed by atoms with Crippen LogP contribution in [0.3, 0.4) is 0 Å². The summed E-state index contributed by atoms with van der Waals surface area (Å²) in [5, 5.41) is 2.07. The molecular formula is C14H13NO5. The third-order valence-electron chi connectivity index (χ3n) is 2.70. The van der Waals surface area contributed by atoms with Crippen molar-refractivity contribution in [2.24, 2.45) is 0 Å². The largest absolute Gasteiger partial charge is 0.497 e. The Morgan fingerprint density at radius 1 is 1.30 bits per heavy atom. The topological polar surface area (TPSA) is 81.7 Å². The second kappa shape index (κ2) is 6.01. The molecule has 0 radical (unpaired) electrons. The molecule has 1 aliphatic rings. The van der Waals surface area contributed by atoms with Crippen LogP contribution in [-0.2, 0) is 25.7 Å². The van der Waals surface area contributed by atoms with E-state index in [1.807, 2.05) is 0 Å². The lowest BCUT2D eigenvalue weighted by atomic mass is 10.2. The summed E-state index contributed by atoms with van der Waals surface area (Å²) in [6.07, 6.45) is 0.886. The minimum atomic E-state index is -0.566. The van der Waals surface area contributed by atoms with Crippen LogP contribution in [0.15, 0.2) is 35.9 Å². The van der Waals surface area contributed by atoms with Gasteiger partial charge >= 0.3 is 5.97 Å². The Balaban J connectivity index is 1.87. The van der Waals surface area contributed by atoms with Gasteiger partial charge in [-0.2, -0.15) is 0 Å². The van der Waals surface area contributed by atoms with Crippen molar-refractivity contribution in [3.05, 3.63) is 41.5 Å². The minimum Gasteiger partial charge on any atom is -0.497 e. The predicted molar refractivity (Wildman–Crippen MR) is 68.6 cm³/mol. The molecule has 1 heterocycles. The molecule has 0 fully saturated rings. The number of esters is 1. The first-order chi connectivity index (χ1) is 9.58. The van der Waals surface area contributed by atoms with Crippen LogP contribution in [0.2, 0.25) is 0 Å². The second-order valence-corrected chi connectivity index (χ2v) is 4.18. The van der Waals surface area contributed by atoms with E-state index in [0.717, 1.165) is 11.6 Å². The fourth-order valence-corrected chi connectivity index (χ4v) is 1.72. The van der Waals surface area contributed by atoms with Gasteiger partial charge in [0.1, 0.15) is 12.4 Å². The highest BCUT2D eigenvalue weighted by Crippen LogP contribution is 2.14. The van der Waals surface area contributed by atoms with Gasteiger partial charge in [-0.05, 0) is 17.7 Å². The molecule has 1 aromatic rings. The molecule has 0 aromatic heterocycles. The Morgan fingerprint density at radius 2 is 2.10 bits per heavy atom. The number of nitrogens with one attached hydrogen (secondary N) is 1. The first-order valence-corrected chi connectivity index (χ1v) is 5.93. The van der Waals surface area contributed by atoms with Gasteiger partial charge in [0, 0.05) is 11.6 Å². The Morgan fingerprint density at radius 3 is 2.75 bits per heavy atom. The maximum absolute atomic E-state index is 11.6. The summed E-state index contributed by atoms with van der Waals surface area (Å²) in [7, 11) is 1.55. The van der Waals surface area contributed by atoms with Crippen molar-refractivity contribution in [3.8, 4) is 5.75 Å². The molecule has 0 atom stereocenters. The van der Waals surface area contributed by atoms with Gasteiger partial charge < -0.3 is 9.47 Å². The zero-order valence-corrected chi connectivity index (χ0v) is 10.8. The quantitative estimate of drug-likeness (QED) is 0.632. The van der Waals surface area contributed by atoms with Crippen LogP contribution in [0.4, 0.5) is 0 Å². The van der Waals surface area contributed by atoms with E-state index in [0.29, 0.717) is 5.75 Å². The molecule has 0 bridgehead atoms. The van der Waals surface area contributed by atoms with Crippen molar-refractivity contribution in [1.29, 1.82) is 0 Å². The normalized spacial score (nSPS) is 13.8. The third-order valence-corrected chi connectivity index (χ3v) is 2.70. The Kier molecular flexibility index (Phi) is 4.14. The lowest BCUT2D eigenvalue weighted by Gasteiger charge is -2.06. The van der Waals surface area contributed by atoms with Gasteiger partial charge in [-0.25, -0.2) is 0 Å².